The van der Waals surface area contributed by atoms with E-state index in [0.29, 0.717) is 29.4 Å². The van der Waals surface area contributed by atoms with Crippen LogP contribution in [0.5, 0.6) is 23.0 Å². The molecular formula is C22H21ClN2O6S. The molecule has 1 saturated heterocycles. The first-order chi connectivity index (χ1) is 15.4. The molecule has 0 aliphatic carbocycles. The molecule has 2 N–H and O–H groups in total. The van der Waals surface area contributed by atoms with Gasteiger partial charge in [0.05, 0.1) is 18.7 Å². The molecule has 2 amide bonds. The zero-order chi connectivity index (χ0) is 23.1. The normalized spacial score (nSPS) is 13.2. The molecule has 0 spiro atoms. The Bertz CT molecular complexity index is 1030. The molecule has 168 valence electrons. The molecule has 2 aromatic rings. The maximum atomic E-state index is 12.1. The van der Waals surface area contributed by atoms with E-state index in [-0.39, 0.29) is 28.9 Å². The van der Waals surface area contributed by atoms with E-state index in [9.17, 15) is 9.59 Å². The summed E-state index contributed by atoms with van der Waals surface area (Å²) in [5.41, 5.74) is 0.395. The van der Waals surface area contributed by atoms with E-state index in [2.05, 4.69) is 10.6 Å². The fraction of sp³-hybridized carbons (Fsp3) is 0.227. The highest BCUT2D eigenvalue weighted by Gasteiger charge is 2.26. The van der Waals surface area contributed by atoms with Crippen LogP contribution in [0.4, 0.5) is 0 Å². The lowest BCUT2D eigenvalue weighted by Gasteiger charge is -2.17. The van der Waals surface area contributed by atoms with Crippen LogP contribution in [0.15, 0.2) is 42.0 Å². The van der Waals surface area contributed by atoms with Crippen LogP contribution in [0.1, 0.15) is 12.5 Å². The predicted octanol–water partition coefficient (Wildman–Crippen LogP) is 3.12. The quantitative estimate of drug-likeness (QED) is 0.248. The second-order valence-corrected chi connectivity index (χ2v) is 7.25. The van der Waals surface area contributed by atoms with E-state index < -0.39 is 11.8 Å². The monoisotopic (exact) mass is 476 g/mol. The molecule has 0 radical (unpaired) electrons. The molecule has 2 aromatic carbocycles. The molecule has 1 aliphatic rings. The highest BCUT2D eigenvalue weighted by Crippen LogP contribution is 2.37. The third kappa shape index (κ3) is 5.89. The number of carbonyl (C=O) groups is 2. The van der Waals surface area contributed by atoms with E-state index in [1.807, 2.05) is 6.92 Å². The minimum absolute atomic E-state index is 0.0363. The lowest BCUT2D eigenvalue weighted by atomic mass is 10.1. The Kier molecular flexibility index (Phi) is 7.91. The van der Waals surface area contributed by atoms with E-state index in [4.69, 9.17) is 42.8 Å². The highest BCUT2D eigenvalue weighted by atomic mass is 35.5. The van der Waals surface area contributed by atoms with Crippen molar-refractivity contribution in [3.8, 4) is 23.0 Å². The van der Waals surface area contributed by atoms with Crippen LogP contribution in [0, 0.1) is 0 Å². The van der Waals surface area contributed by atoms with Gasteiger partial charge in [0, 0.05) is 0 Å². The van der Waals surface area contributed by atoms with E-state index in [0.717, 1.165) is 5.75 Å². The molecule has 32 heavy (non-hydrogen) atoms. The minimum atomic E-state index is -0.594. The van der Waals surface area contributed by atoms with Crippen molar-refractivity contribution in [1.29, 1.82) is 0 Å². The van der Waals surface area contributed by atoms with Gasteiger partial charge < -0.3 is 18.9 Å². The van der Waals surface area contributed by atoms with Gasteiger partial charge in [-0.05, 0) is 67.2 Å². The van der Waals surface area contributed by atoms with Crippen LogP contribution in [0.3, 0.4) is 0 Å². The fourth-order valence-corrected chi connectivity index (χ4v) is 3.28. The standard InChI is InChI=1S/C22H21ClN2O6S/c1-3-29-18-12-13(10-16-20(26)24-22(32)25-21(16)27)11-17(23)19(18)31-9-8-30-15-6-4-14(28-2)5-7-15/h4-7,10-12H,3,8-9H2,1-2H3,(H2,24,25,26,27,32). The van der Waals surface area contributed by atoms with Gasteiger partial charge in [-0.25, -0.2) is 0 Å². The summed E-state index contributed by atoms with van der Waals surface area (Å²) < 4.78 is 22.2. The number of carbonyl (C=O) groups excluding carboxylic acids is 2. The van der Waals surface area contributed by atoms with Crippen molar-refractivity contribution in [2.24, 2.45) is 0 Å². The van der Waals surface area contributed by atoms with Gasteiger partial charge in [0.25, 0.3) is 11.8 Å². The number of hydrogen-bond acceptors (Lipinski definition) is 7. The van der Waals surface area contributed by atoms with Crippen LogP contribution >= 0.6 is 23.8 Å². The van der Waals surface area contributed by atoms with Crippen molar-refractivity contribution < 1.29 is 28.5 Å². The zero-order valence-electron chi connectivity index (χ0n) is 17.4. The number of benzene rings is 2. The van der Waals surface area contributed by atoms with Crippen molar-refractivity contribution in [2.75, 3.05) is 26.9 Å². The number of methoxy groups -OCH3 is 1. The molecule has 1 fully saturated rings. The van der Waals surface area contributed by atoms with Crippen LogP contribution in [-0.2, 0) is 9.59 Å². The van der Waals surface area contributed by atoms with Gasteiger partial charge in [-0.3, -0.25) is 20.2 Å². The van der Waals surface area contributed by atoms with Crippen LogP contribution in [0.25, 0.3) is 6.08 Å². The van der Waals surface area contributed by atoms with Crippen molar-refractivity contribution in [3.05, 3.63) is 52.6 Å². The fourth-order valence-electron chi connectivity index (χ4n) is 2.82. The summed E-state index contributed by atoms with van der Waals surface area (Å²) >= 11 is 11.2. The minimum Gasteiger partial charge on any atom is -0.497 e. The first-order valence-corrected chi connectivity index (χ1v) is 10.4. The molecule has 0 aromatic heterocycles. The molecule has 8 nitrogen and oxygen atoms in total. The third-order valence-electron chi connectivity index (χ3n) is 4.24. The summed E-state index contributed by atoms with van der Waals surface area (Å²) in [5, 5.41) is 4.99. The van der Waals surface area contributed by atoms with Gasteiger partial charge in [0.2, 0.25) is 0 Å². The van der Waals surface area contributed by atoms with E-state index in [1.165, 1.54) is 6.08 Å². The summed E-state index contributed by atoms with van der Waals surface area (Å²) in [5.74, 6) is 0.947. The SMILES string of the molecule is CCOc1cc(C=C2C(=O)NC(=S)NC2=O)cc(Cl)c1OCCOc1ccc(OC)cc1. The maximum absolute atomic E-state index is 12.1. The largest absolute Gasteiger partial charge is 0.497 e. The van der Waals surface area contributed by atoms with E-state index >= 15 is 0 Å². The van der Waals surface area contributed by atoms with Crippen molar-refractivity contribution in [3.63, 3.8) is 0 Å². The van der Waals surface area contributed by atoms with Crippen molar-refractivity contribution >= 4 is 46.8 Å². The lowest BCUT2D eigenvalue weighted by Crippen LogP contribution is -2.51. The first-order valence-electron chi connectivity index (χ1n) is 9.65. The summed E-state index contributed by atoms with van der Waals surface area (Å²) in [6.07, 6.45) is 1.40. The zero-order valence-corrected chi connectivity index (χ0v) is 19.0. The lowest BCUT2D eigenvalue weighted by molar-refractivity contribution is -0.123. The van der Waals surface area contributed by atoms with Gasteiger partial charge in [-0.15, -0.1) is 0 Å². The Morgan fingerprint density at radius 3 is 2.22 bits per heavy atom. The first kappa shape index (κ1) is 23.4. The average Bonchev–Trinajstić information content (AvgIpc) is 2.75. The summed E-state index contributed by atoms with van der Waals surface area (Å²) in [4.78, 5) is 24.1. The second-order valence-electron chi connectivity index (χ2n) is 6.43. The predicted molar refractivity (Wildman–Crippen MR) is 123 cm³/mol. The number of nitrogens with one attached hydrogen (secondary N) is 2. The Morgan fingerprint density at radius 2 is 1.59 bits per heavy atom. The molecule has 10 heteroatoms. The van der Waals surface area contributed by atoms with Gasteiger partial charge >= 0.3 is 0 Å². The average molecular weight is 477 g/mol. The Hall–Kier alpha value is -3.30. The molecule has 0 unspecified atom stereocenters. The number of hydrogen-bond donors (Lipinski definition) is 2. The number of halogens is 1. The van der Waals surface area contributed by atoms with Crippen molar-refractivity contribution in [1.82, 2.24) is 10.6 Å². The summed E-state index contributed by atoms with van der Waals surface area (Å²) in [6.45, 7) is 2.68. The molecule has 0 bridgehead atoms. The highest BCUT2D eigenvalue weighted by molar-refractivity contribution is 7.80. The molecule has 1 aliphatic heterocycles. The van der Waals surface area contributed by atoms with Gasteiger partial charge in [0.15, 0.2) is 16.6 Å². The number of rotatable bonds is 9. The Labute approximate surface area is 195 Å². The summed E-state index contributed by atoms with van der Waals surface area (Å²) in [7, 11) is 1.60. The second kappa shape index (κ2) is 10.8. The number of ether oxygens (including phenoxy) is 4. The molecule has 0 saturated carbocycles. The number of thiocarbonyl (C=S) groups is 1. The molecule has 1 heterocycles. The Morgan fingerprint density at radius 1 is 0.969 bits per heavy atom. The third-order valence-corrected chi connectivity index (χ3v) is 4.73. The smallest absolute Gasteiger partial charge is 0.263 e. The molecular weight excluding hydrogens is 456 g/mol. The van der Waals surface area contributed by atoms with Crippen LogP contribution in [0.2, 0.25) is 5.02 Å². The van der Waals surface area contributed by atoms with E-state index in [1.54, 1.807) is 43.5 Å². The maximum Gasteiger partial charge on any atom is 0.263 e. The van der Waals surface area contributed by atoms with Gasteiger partial charge in [-0.1, -0.05) is 11.6 Å². The van der Waals surface area contributed by atoms with Crippen LogP contribution in [-0.4, -0.2) is 43.9 Å². The van der Waals surface area contributed by atoms with Crippen molar-refractivity contribution in [2.45, 2.75) is 6.92 Å². The summed E-state index contributed by atoms with van der Waals surface area (Å²) in [6, 6.07) is 10.4. The van der Waals surface area contributed by atoms with Gasteiger partial charge in [0.1, 0.15) is 30.3 Å². The number of amides is 2. The topological polar surface area (TPSA) is 95.1 Å². The van der Waals surface area contributed by atoms with Gasteiger partial charge in [-0.2, -0.15) is 0 Å². The molecule has 0 atom stereocenters. The van der Waals surface area contributed by atoms with Crippen LogP contribution < -0.4 is 29.6 Å². The Balaban J connectivity index is 1.71. The molecule has 3 rings (SSSR count).